The van der Waals surface area contributed by atoms with E-state index in [4.69, 9.17) is 5.11 Å². The lowest BCUT2D eigenvalue weighted by Gasteiger charge is -2.21. The van der Waals surface area contributed by atoms with Gasteiger partial charge in [0.05, 0.1) is 11.3 Å². The Bertz CT molecular complexity index is 566. The minimum Gasteiger partial charge on any atom is -0.478 e. The third-order valence-electron chi connectivity index (χ3n) is 2.71. The number of carboxylic acids is 1. The summed E-state index contributed by atoms with van der Waals surface area (Å²) in [7, 11) is 1.75. The van der Waals surface area contributed by atoms with Crippen LogP contribution < -0.4 is 4.90 Å². The second-order valence-electron chi connectivity index (χ2n) is 3.86. The zero-order valence-electron chi connectivity index (χ0n) is 9.80. The predicted molar refractivity (Wildman–Crippen MR) is 67.9 cm³/mol. The summed E-state index contributed by atoms with van der Waals surface area (Å²) in [5.74, 6) is -1.31. The Morgan fingerprint density at radius 2 is 1.72 bits per heavy atom. The lowest BCUT2D eigenvalue weighted by Crippen LogP contribution is -2.13. The number of benzene rings is 2. The highest BCUT2D eigenvalue weighted by Crippen LogP contribution is 2.26. The zero-order valence-corrected chi connectivity index (χ0v) is 9.80. The highest BCUT2D eigenvalue weighted by Gasteiger charge is 2.13. The van der Waals surface area contributed by atoms with Crippen molar-refractivity contribution in [2.75, 3.05) is 11.9 Å². The van der Waals surface area contributed by atoms with E-state index >= 15 is 0 Å². The summed E-state index contributed by atoms with van der Waals surface area (Å²) < 4.78 is 12.8. The first-order valence-electron chi connectivity index (χ1n) is 5.41. The summed E-state index contributed by atoms with van der Waals surface area (Å²) in [6, 6.07) is 12.6. The molecule has 0 aliphatic heterocycles. The van der Waals surface area contributed by atoms with Gasteiger partial charge in [-0.05, 0) is 36.4 Å². The Morgan fingerprint density at radius 3 is 2.33 bits per heavy atom. The minimum atomic E-state index is -0.987. The van der Waals surface area contributed by atoms with E-state index < -0.39 is 5.97 Å². The van der Waals surface area contributed by atoms with Gasteiger partial charge in [-0.25, -0.2) is 9.18 Å². The number of nitrogens with zero attached hydrogens (tertiary/aromatic N) is 1. The average molecular weight is 245 g/mol. The van der Waals surface area contributed by atoms with E-state index in [0.29, 0.717) is 5.69 Å². The molecule has 0 spiro atoms. The molecule has 0 heterocycles. The van der Waals surface area contributed by atoms with Crippen molar-refractivity contribution in [1.29, 1.82) is 0 Å². The van der Waals surface area contributed by atoms with Crippen molar-refractivity contribution in [3.8, 4) is 0 Å². The van der Waals surface area contributed by atoms with E-state index in [9.17, 15) is 9.18 Å². The topological polar surface area (TPSA) is 40.5 Å². The van der Waals surface area contributed by atoms with Crippen molar-refractivity contribution < 1.29 is 14.3 Å². The zero-order chi connectivity index (χ0) is 13.1. The molecule has 2 rings (SSSR count). The standard InChI is InChI=1S/C14H12FNO2/c1-16(11-8-6-10(15)7-9-11)13-5-3-2-4-12(13)14(17)18/h2-9H,1H3,(H,17,18). The Balaban J connectivity index is 2.42. The number of aromatic carboxylic acids is 1. The molecule has 0 unspecified atom stereocenters. The molecule has 0 aliphatic rings. The van der Waals surface area contributed by atoms with Gasteiger partial charge in [-0.2, -0.15) is 0 Å². The number of carboxylic acid groups (broad SMARTS) is 1. The molecular formula is C14H12FNO2. The molecule has 2 aromatic rings. The number of para-hydroxylation sites is 1. The van der Waals surface area contributed by atoms with Gasteiger partial charge in [-0.1, -0.05) is 12.1 Å². The van der Waals surface area contributed by atoms with Crippen molar-refractivity contribution in [3.63, 3.8) is 0 Å². The van der Waals surface area contributed by atoms with E-state index in [2.05, 4.69) is 0 Å². The summed E-state index contributed by atoms with van der Waals surface area (Å²) in [4.78, 5) is 12.8. The van der Waals surface area contributed by atoms with Crippen molar-refractivity contribution in [2.45, 2.75) is 0 Å². The monoisotopic (exact) mass is 245 g/mol. The molecule has 1 N–H and O–H groups in total. The van der Waals surface area contributed by atoms with Crippen LogP contribution in [-0.4, -0.2) is 18.1 Å². The fraction of sp³-hybridized carbons (Fsp3) is 0.0714. The second kappa shape index (κ2) is 4.87. The molecule has 0 aliphatic carbocycles. The molecule has 92 valence electrons. The van der Waals surface area contributed by atoms with Crippen LogP contribution in [0.5, 0.6) is 0 Å². The largest absolute Gasteiger partial charge is 0.478 e. The molecule has 3 nitrogen and oxygen atoms in total. The van der Waals surface area contributed by atoms with Gasteiger partial charge in [0.1, 0.15) is 5.82 Å². The highest BCUT2D eigenvalue weighted by molar-refractivity contribution is 5.95. The van der Waals surface area contributed by atoms with Crippen LogP contribution in [0.1, 0.15) is 10.4 Å². The van der Waals surface area contributed by atoms with Crippen molar-refractivity contribution in [3.05, 3.63) is 59.9 Å². The maximum atomic E-state index is 12.8. The van der Waals surface area contributed by atoms with Gasteiger partial charge in [-0.3, -0.25) is 0 Å². The van der Waals surface area contributed by atoms with Crippen LogP contribution in [0, 0.1) is 5.82 Å². The summed E-state index contributed by atoms with van der Waals surface area (Å²) in [6.07, 6.45) is 0. The molecule has 18 heavy (non-hydrogen) atoms. The molecule has 0 saturated carbocycles. The molecule has 0 atom stereocenters. The fourth-order valence-corrected chi connectivity index (χ4v) is 1.75. The van der Waals surface area contributed by atoms with Crippen molar-refractivity contribution >= 4 is 17.3 Å². The minimum absolute atomic E-state index is 0.212. The first-order chi connectivity index (χ1) is 8.59. The van der Waals surface area contributed by atoms with Crippen molar-refractivity contribution in [2.24, 2.45) is 0 Å². The number of hydrogen-bond acceptors (Lipinski definition) is 2. The molecule has 2 aromatic carbocycles. The lowest BCUT2D eigenvalue weighted by molar-refractivity contribution is 0.0697. The van der Waals surface area contributed by atoms with E-state index in [-0.39, 0.29) is 11.4 Å². The quantitative estimate of drug-likeness (QED) is 0.902. The SMILES string of the molecule is CN(c1ccc(F)cc1)c1ccccc1C(=O)O. The van der Waals surface area contributed by atoms with E-state index in [1.54, 1.807) is 42.3 Å². The highest BCUT2D eigenvalue weighted by atomic mass is 19.1. The van der Waals surface area contributed by atoms with Gasteiger partial charge < -0.3 is 10.0 Å². The van der Waals surface area contributed by atoms with Crippen LogP contribution in [0.25, 0.3) is 0 Å². The van der Waals surface area contributed by atoms with E-state index in [1.165, 1.54) is 18.2 Å². The molecule has 4 heteroatoms. The van der Waals surface area contributed by atoms with E-state index in [0.717, 1.165) is 5.69 Å². The predicted octanol–water partition coefficient (Wildman–Crippen LogP) is 3.29. The lowest BCUT2D eigenvalue weighted by atomic mass is 10.1. The van der Waals surface area contributed by atoms with Crippen LogP contribution in [0.3, 0.4) is 0 Å². The summed E-state index contributed by atoms with van der Waals surface area (Å²) in [6.45, 7) is 0. The number of hydrogen-bond donors (Lipinski definition) is 1. The Hall–Kier alpha value is -2.36. The second-order valence-corrected chi connectivity index (χ2v) is 3.86. The maximum absolute atomic E-state index is 12.8. The fourth-order valence-electron chi connectivity index (χ4n) is 1.75. The Morgan fingerprint density at radius 1 is 1.11 bits per heavy atom. The summed E-state index contributed by atoms with van der Waals surface area (Å²) >= 11 is 0. The van der Waals surface area contributed by atoms with E-state index in [1.807, 2.05) is 0 Å². The molecule has 0 aromatic heterocycles. The van der Waals surface area contributed by atoms with Gasteiger partial charge in [0, 0.05) is 12.7 Å². The smallest absolute Gasteiger partial charge is 0.337 e. The number of halogens is 1. The van der Waals surface area contributed by atoms with Crippen molar-refractivity contribution in [1.82, 2.24) is 0 Å². The van der Waals surface area contributed by atoms with Gasteiger partial charge in [-0.15, -0.1) is 0 Å². The number of rotatable bonds is 3. The van der Waals surface area contributed by atoms with Crippen LogP contribution in [-0.2, 0) is 0 Å². The molecule has 0 amide bonds. The summed E-state index contributed by atoms with van der Waals surface area (Å²) in [5.41, 5.74) is 1.51. The Labute approximate surface area is 104 Å². The third kappa shape index (κ3) is 2.32. The van der Waals surface area contributed by atoms with Gasteiger partial charge in [0.25, 0.3) is 0 Å². The first kappa shape index (κ1) is 12.1. The molecular weight excluding hydrogens is 233 g/mol. The number of carbonyl (C=O) groups is 1. The van der Waals surface area contributed by atoms with Crippen LogP contribution >= 0.6 is 0 Å². The summed E-state index contributed by atoms with van der Waals surface area (Å²) in [5, 5.41) is 9.12. The number of anilines is 2. The maximum Gasteiger partial charge on any atom is 0.337 e. The first-order valence-corrected chi connectivity index (χ1v) is 5.41. The Kier molecular flexibility index (Phi) is 3.28. The molecule has 0 saturated heterocycles. The van der Waals surface area contributed by atoms with Gasteiger partial charge in [0.15, 0.2) is 0 Å². The van der Waals surface area contributed by atoms with Crippen LogP contribution in [0.2, 0.25) is 0 Å². The third-order valence-corrected chi connectivity index (χ3v) is 2.71. The van der Waals surface area contributed by atoms with Gasteiger partial charge >= 0.3 is 5.97 Å². The molecule has 0 radical (unpaired) electrons. The normalized spacial score (nSPS) is 10.1. The average Bonchev–Trinajstić information content (AvgIpc) is 2.39. The van der Waals surface area contributed by atoms with Gasteiger partial charge in [0.2, 0.25) is 0 Å². The molecule has 0 bridgehead atoms. The molecule has 0 fully saturated rings. The van der Waals surface area contributed by atoms with Crippen LogP contribution in [0.15, 0.2) is 48.5 Å². The van der Waals surface area contributed by atoms with Crippen LogP contribution in [0.4, 0.5) is 15.8 Å².